The molecule has 0 aliphatic heterocycles. The Bertz CT molecular complexity index is 214. The highest BCUT2D eigenvalue weighted by Gasteiger charge is 2.38. The number of rotatable bonds is 5. The van der Waals surface area contributed by atoms with Gasteiger partial charge in [0.2, 0.25) is 0 Å². The Morgan fingerprint density at radius 3 is 1.82 bits per heavy atom. The predicted molar refractivity (Wildman–Crippen MR) is 72.6 cm³/mol. The molecule has 0 saturated heterocycles. The molecule has 2 unspecified atom stereocenters. The van der Waals surface area contributed by atoms with Crippen molar-refractivity contribution in [2.45, 2.75) is 72.2 Å². The Balaban J connectivity index is 5.01. The third kappa shape index (κ3) is 5.82. The van der Waals surface area contributed by atoms with E-state index >= 15 is 0 Å². The molecule has 0 radical (unpaired) electrons. The van der Waals surface area contributed by atoms with Crippen molar-refractivity contribution in [2.75, 3.05) is 0 Å². The Labute approximate surface area is 111 Å². The summed E-state index contributed by atoms with van der Waals surface area (Å²) in [6.45, 7) is 14.7. The van der Waals surface area contributed by atoms with E-state index in [1.54, 1.807) is 0 Å². The van der Waals surface area contributed by atoms with Gasteiger partial charge in [-0.3, -0.25) is 9.42 Å². The largest absolute Gasteiger partial charge is 0.349 e. The zero-order valence-corrected chi connectivity index (χ0v) is 13.5. The Kier molecular flexibility index (Phi) is 6.87. The maximum atomic E-state index is 9.40. The maximum Gasteiger partial charge on any atom is 0.349 e. The van der Waals surface area contributed by atoms with E-state index in [0.29, 0.717) is 0 Å². The monoisotopic (exact) mass is 285 g/mol. The van der Waals surface area contributed by atoms with Crippen molar-refractivity contribution in [1.82, 2.24) is 4.90 Å². The highest BCUT2D eigenvalue weighted by Crippen LogP contribution is 2.40. The van der Waals surface area contributed by atoms with Crippen molar-refractivity contribution in [3.8, 4) is 0 Å². The summed E-state index contributed by atoms with van der Waals surface area (Å²) in [5.74, 6) is 0. The van der Waals surface area contributed by atoms with Crippen LogP contribution in [-0.4, -0.2) is 27.1 Å². The summed E-state index contributed by atoms with van der Waals surface area (Å²) in [5.41, 5.74) is -0.164. The van der Waals surface area contributed by atoms with Crippen LogP contribution in [-0.2, 0) is 8.60 Å². The highest BCUT2D eigenvalue weighted by molar-refractivity contribution is 7.41. The van der Waals surface area contributed by atoms with Crippen LogP contribution in [0.15, 0.2) is 0 Å². The van der Waals surface area contributed by atoms with Crippen LogP contribution in [0.25, 0.3) is 0 Å². The number of nitrogens with zero attached hydrogens (tertiary/aromatic N) is 1. The van der Waals surface area contributed by atoms with Gasteiger partial charge in [0.1, 0.15) is 6.23 Å². The van der Waals surface area contributed by atoms with Crippen molar-refractivity contribution in [3.05, 3.63) is 0 Å². The first-order valence-corrected chi connectivity index (χ1v) is 7.21. The quantitative estimate of drug-likeness (QED) is 0.612. The molecule has 0 rings (SSSR count). The minimum Gasteiger partial charge on any atom is -0.327 e. The molecule has 0 amide bonds. The Morgan fingerprint density at radius 1 is 1.18 bits per heavy atom. The van der Waals surface area contributed by atoms with Gasteiger partial charge in [0, 0.05) is 11.1 Å². The first-order valence-electron chi connectivity index (χ1n) is 5.78. The van der Waals surface area contributed by atoms with Gasteiger partial charge in [0.15, 0.2) is 0 Å². The lowest BCUT2D eigenvalue weighted by Gasteiger charge is -2.49. The second-order valence-electron chi connectivity index (χ2n) is 5.99. The molecule has 104 valence electrons. The van der Waals surface area contributed by atoms with Crippen molar-refractivity contribution in [2.24, 2.45) is 0 Å². The Hall–Kier alpha value is 0.560. The van der Waals surface area contributed by atoms with Crippen LogP contribution in [0.4, 0.5) is 0 Å². The average molecular weight is 286 g/mol. The fourth-order valence-electron chi connectivity index (χ4n) is 2.29. The van der Waals surface area contributed by atoms with Crippen LogP contribution in [0.1, 0.15) is 54.9 Å². The average Bonchev–Trinajstić information content (AvgIpc) is 2.11. The van der Waals surface area contributed by atoms with Gasteiger partial charge < -0.3 is 4.89 Å². The van der Waals surface area contributed by atoms with E-state index in [2.05, 4.69) is 50.5 Å². The highest BCUT2D eigenvalue weighted by atomic mass is 35.5. The van der Waals surface area contributed by atoms with Crippen LogP contribution in [0.5, 0.6) is 0 Å². The van der Waals surface area contributed by atoms with Gasteiger partial charge in [-0.2, -0.15) is 4.08 Å². The zero-order valence-electron chi connectivity index (χ0n) is 11.8. The third-order valence-corrected chi connectivity index (χ3v) is 3.25. The molecule has 0 aliphatic carbocycles. The molecule has 0 fully saturated rings. The first-order chi connectivity index (χ1) is 7.54. The van der Waals surface area contributed by atoms with E-state index in [1.165, 1.54) is 0 Å². The molecule has 0 saturated carbocycles. The molecule has 0 aromatic rings. The minimum atomic E-state index is -2.03. The molecule has 0 aliphatic rings. The van der Waals surface area contributed by atoms with E-state index in [-0.39, 0.29) is 17.3 Å². The molecule has 1 N–H and O–H groups in total. The van der Waals surface area contributed by atoms with E-state index in [4.69, 9.17) is 16.4 Å². The van der Waals surface area contributed by atoms with E-state index in [9.17, 15) is 4.89 Å². The van der Waals surface area contributed by atoms with E-state index in [0.717, 1.165) is 6.42 Å². The smallest absolute Gasteiger partial charge is 0.327 e. The zero-order chi connectivity index (χ0) is 13.9. The number of halogens is 1. The van der Waals surface area contributed by atoms with Crippen LogP contribution < -0.4 is 0 Å². The fourth-order valence-corrected chi connectivity index (χ4v) is 2.88. The lowest BCUT2D eigenvalue weighted by Crippen LogP contribution is -2.57. The van der Waals surface area contributed by atoms with Crippen molar-refractivity contribution in [1.29, 1.82) is 0 Å². The van der Waals surface area contributed by atoms with Gasteiger partial charge in [-0.25, -0.2) is 0 Å². The molecule has 6 heteroatoms. The molecule has 0 bridgehead atoms. The summed E-state index contributed by atoms with van der Waals surface area (Å²) >= 11 is 5.12. The summed E-state index contributed by atoms with van der Waals surface area (Å²) in [5, 5.41) is 0. The predicted octanol–water partition coefficient (Wildman–Crippen LogP) is 4.03. The molecule has 4 nitrogen and oxygen atoms in total. The fraction of sp³-hybridized carbons (Fsp3) is 1.00. The minimum absolute atomic E-state index is 0.0819. The second kappa shape index (κ2) is 6.65. The molecule has 17 heavy (non-hydrogen) atoms. The normalized spacial score (nSPS) is 17.3. The van der Waals surface area contributed by atoms with Crippen LogP contribution in [0.2, 0.25) is 0 Å². The molecule has 0 spiro atoms. The van der Waals surface area contributed by atoms with Crippen LogP contribution in [0, 0.1) is 0 Å². The van der Waals surface area contributed by atoms with Gasteiger partial charge in [0.25, 0.3) is 0 Å². The summed E-state index contributed by atoms with van der Waals surface area (Å²) in [7, 11) is -2.03. The molecule has 2 atom stereocenters. The maximum absolute atomic E-state index is 9.40. The van der Waals surface area contributed by atoms with E-state index < -0.39 is 8.60 Å². The van der Waals surface area contributed by atoms with Gasteiger partial charge in [-0.1, -0.05) is 6.92 Å². The lowest BCUT2D eigenvalue weighted by atomic mass is 9.95. The molecule has 0 aromatic heterocycles. The van der Waals surface area contributed by atoms with Gasteiger partial charge in [-0.15, -0.1) is 0 Å². The second-order valence-corrected chi connectivity index (χ2v) is 7.23. The summed E-state index contributed by atoms with van der Waals surface area (Å²) in [4.78, 5) is 11.6. The molecule has 0 heterocycles. The summed E-state index contributed by atoms with van der Waals surface area (Å²) in [6.07, 6.45) is 0.513. The first kappa shape index (κ1) is 17.6. The van der Waals surface area contributed by atoms with E-state index in [1.807, 2.05) is 6.92 Å². The third-order valence-electron chi connectivity index (χ3n) is 2.35. The van der Waals surface area contributed by atoms with Crippen molar-refractivity contribution >= 4 is 20.5 Å². The van der Waals surface area contributed by atoms with Gasteiger partial charge in [-0.05, 0) is 48.0 Å². The van der Waals surface area contributed by atoms with Gasteiger partial charge in [0.05, 0.1) is 11.9 Å². The standard InChI is InChI=1S/C11H25ClNO3P/c1-8-9(15-17(14)16-12)13(10(2,3)4)11(5,6)7/h9,14H,8H2,1-7H3. The van der Waals surface area contributed by atoms with Crippen LogP contribution in [0.3, 0.4) is 0 Å². The number of hydrogen-bond acceptors (Lipinski definition) is 4. The van der Waals surface area contributed by atoms with Gasteiger partial charge >= 0.3 is 8.60 Å². The SMILES string of the molecule is CCC(OP(O)OCl)N(C(C)(C)C)C(C)(C)C. The summed E-state index contributed by atoms with van der Waals surface area (Å²) in [6, 6.07) is 0. The van der Waals surface area contributed by atoms with Crippen molar-refractivity contribution < 1.29 is 13.5 Å². The topological polar surface area (TPSA) is 41.9 Å². The lowest BCUT2D eigenvalue weighted by molar-refractivity contribution is -0.0939. The molecular formula is C11H25ClNO3P. The number of hydrogen-bond donors (Lipinski definition) is 1. The summed E-state index contributed by atoms with van der Waals surface area (Å²) < 4.78 is 9.76. The van der Waals surface area contributed by atoms with Crippen LogP contribution >= 0.6 is 20.5 Å². The molecule has 0 aromatic carbocycles. The molecular weight excluding hydrogens is 261 g/mol. The Morgan fingerprint density at radius 2 is 1.59 bits per heavy atom. The van der Waals surface area contributed by atoms with Crippen molar-refractivity contribution in [3.63, 3.8) is 0 Å².